The van der Waals surface area contributed by atoms with Gasteiger partial charge < -0.3 is 15.8 Å². The van der Waals surface area contributed by atoms with E-state index in [4.69, 9.17) is 10.8 Å². The molecule has 0 bridgehead atoms. The first-order chi connectivity index (χ1) is 7.02. The number of aryl methyl sites for hydroxylation is 2. The highest BCUT2D eigenvalue weighted by atomic mass is 16.4. The Kier molecular flexibility index (Phi) is 1.93. The second kappa shape index (κ2) is 3.02. The lowest BCUT2D eigenvalue weighted by Gasteiger charge is -2.01. The molecule has 4 N–H and O–H groups in total. The zero-order chi connectivity index (χ0) is 11.2. The lowest BCUT2D eigenvalue weighted by Crippen LogP contribution is -1.98. The minimum atomic E-state index is -0.958. The average Bonchev–Trinajstić information content (AvgIpc) is 2.50. The molecule has 78 valence electrons. The summed E-state index contributed by atoms with van der Waals surface area (Å²) in [4.78, 5) is 13.8. The summed E-state index contributed by atoms with van der Waals surface area (Å²) in [5.41, 5.74) is 9.20. The standard InChI is InChI=1S/C11H12N2O2/c1-5-3-4-7-8(9(5)12)6(2)10(13-7)11(14)15/h3-4,13H,12H2,1-2H3,(H,14,15). The number of nitrogens with one attached hydrogen (secondary N) is 1. The molecular formula is C11H12N2O2. The van der Waals surface area contributed by atoms with Crippen LogP contribution in [0.5, 0.6) is 0 Å². The van der Waals surface area contributed by atoms with Gasteiger partial charge in [-0.1, -0.05) is 6.07 Å². The fraction of sp³-hybridized carbons (Fsp3) is 0.182. The molecule has 4 nitrogen and oxygen atoms in total. The third-order valence-corrected chi connectivity index (χ3v) is 2.69. The van der Waals surface area contributed by atoms with E-state index in [1.807, 2.05) is 19.1 Å². The molecule has 0 amide bonds. The molecule has 2 rings (SSSR count). The van der Waals surface area contributed by atoms with Gasteiger partial charge in [0.2, 0.25) is 0 Å². The van der Waals surface area contributed by atoms with Crippen molar-refractivity contribution in [1.29, 1.82) is 0 Å². The van der Waals surface area contributed by atoms with Crippen LogP contribution in [0.1, 0.15) is 21.6 Å². The second-order valence-electron chi connectivity index (χ2n) is 3.65. The van der Waals surface area contributed by atoms with Gasteiger partial charge in [0.25, 0.3) is 0 Å². The number of aromatic amines is 1. The molecule has 1 heterocycles. The van der Waals surface area contributed by atoms with Crippen LogP contribution < -0.4 is 5.73 Å². The van der Waals surface area contributed by atoms with Crippen LogP contribution in [0.15, 0.2) is 12.1 Å². The number of nitrogens with two attached hydrogens (primary N) is 1. The maximum atomic E-state index is 10.9. The Labute approximate surface area is 86.7 Å². The smallest absolute Gasteiger partial charge is 0.352 e. The quantitative estimate of drug-likeness (QED) is 0.622. The molecule has 0 radical (unpaired) electrons. The van der Waals surface area contributed by atoms with Crippen LogP contribution in [0.2, 0.25) is 0 Å². The third-order valence-electron chi connectivity index (χ3n) is 2.69. The van der Waals surface area contributed by atoms with Crippen molar-refractivity contribution in [2.75, 3.05) is 5.73 Å². The van der Waals surface area contributed by atoms with Crippen molar-refractivity contribution in [2.24, 2.45) is 0 Å². The number of H-pyrrole nitrogens is 1. The topological polar surface area (TPSA) is 79.1 Å². The molecule has 0 atom stereocenters. The van der Waals surface area contributed by atoms with Gasteiger partial charge in [-0.3, -0.25) is 0 Å². The number of hydrogen-bond donors (Lipinski definition) is 3. The van der Waals surface area contributed by atoms with E-state index >= 15 is 0 Å². The number of rotatable bonds is 1. The number of fused-ring (bicyclic) bond motifs is 1. The zero-order valence-corrected chi connectivity index (χ0v) is 8.59. The second-order valence-corrected chi connectivity index (χ2v) is 3.65. The zero-order valence-electron chi connectivity index (χ0n) is 8.59. The molecular weight excluding hydrogens is 192 g/mol. The van der Waals surface area contributed by atoms with Crippen molar-refractivity contribution >= 4 is 22.6 Å². The molecule has 0 aliphatic rings. The van der Waals surface area contributed by atoms with Crippen LogP contribution in [-0.2, 0) is 0 Å². The molecule has 15 heavy (non-hydrogen) atoms. The Morgan fingerprint density at radius 3 is 2.67 bits per heavy atom. The molecule has 0 saturated heterocycles. The van der Waals surface area contributed by atoms with E-state index in [0.717, 1.165) is 16.5 Å². The van der Waals surface area contributed by atoms with E-state index in [1.54, 1.807) is 6.92 Å². The van der Waals surface area contributed by atoms with Crippen molar-refractivity contribution in [3.05, 3.63) is 29.0 Å². The predicted octanol–water partition coefficient (Wildman–Crippen LogP) is 2.07. The first kappa shape index (κ1) is 9.58. The van der Waals surface area contributed by atoms with Gasteiger partial charge in [-0.15, -0.1) is 0 Å². The number of carboxylic acids is 1. The highest BCUT2D eigenvalue weighted by molar-refractivity contribution is 6.02. The Balaban J connectivity index is 2.89. The molecule has 0 saturated carbocycles. The van der Waals surface area contributed by atoms with E-state index < -0.39 is 5.97 Å². The summed E-state index contributed by atoms with van der Waals surface area (Å²) in [6.45, 7) is 3.67. The Morgan fingerprint density at radius 2 is 2.07 bits per heavy atom. The number of aromatic nitrogens is 1. The molecule has 2 aromatic rings. The lowest BCUT2D eigenvalue weighted by molar-refractivity contribution is 0.0691. The molecule has 0 aliphatic carbocycles. The van der Waals surface area contributed by atoms with Gasteiger partial charge >= 0.3 is 5.97 Å². The number of benzene rings is 1. The van der Waals surface area contributed by atoms with Gasteiger partial charge in [0, 0.05) is 16.6 Å². The van der Waals surface area contributed by atoms with E-state index in [9.17, 15) is 4.79 Å². The molecule has 0 fully saturated rings. The van der Waals surface area contributed by atoms with Crippen LogP contribution in [-0.4, -0.2) is 16.1 Å². The number of aromatic carboxylic acids is 1. The minimum absolute atomic E-state index is 0.210. The third kappa shape index (κ3) is 1.26. The summed E-state index contributed by atoms with van der Waals surface area (Å²) in [5.74, 6) is -0.958. The molecule has 0 spiro atoms. The first-order valence-electron chi connectivity index (χ1n) is 4.63. The van der Waals surface area contributed by atoms with Crippen LogP contribution in [0, 0.1) is 13.8 Å². The van der Waals surface area contributed by atoms with Crippen LogP contribution in [0.25, 0.3) is 10.9 Å². The fourth-order valence-electron chi connectivity index (χ4n) is 1.80. The Morgan fingerprint density at radius 1 is 1.40 bits per heavy atom. The maximum absolute atomic E-state index is 10.9. The molecule has 4 heteroatoms. The summed E-state index contributed by atoms with van der Waals surface area (Å²) >= 11 is 0. The van der Waals surface area contributed by atoms with Crippen molar-refractivity contribution in [3.63, 3.8) is 0 Å². The SMILES string of the molecule is Cc1ccc2[nH]c(C(=O)O)c(C)c2c1N. The Hall–Kier alpha value is -1.97. The van der Waals surface area contributed by atoms with E-state index in [2.05, 4.69) is 4.98 Å². The molecule has 1 aromatic heterocycles. The Bertz CT molecular complexity index is 555. The summed E-state index contributed by atoms with van der Waals surface area (Å²) in [6, 6.07) is 3.72. The van der Waals surface area contributed by atoms with Gasteiger partial charge in [0.05, 0.1) is 0 Å². The van der Waals surface area contributed by atoms with Crippen molar-refractivity contribution in [2.45, 2.75) is 13.8 Å². The normalized spacial score (nSPS) is 10.8. The van der Waals surface area contributed by atoms with Crippen LogP contribution in [0.4, 0.5) is 5.69 Å². The fourth-order valence-corrected chi connectivity index (χ4v) is 1.80. The number of nitrogen functional groups attached to an aromatic ring is 1. The summed E-state index contributed by atoms with van der Waals surface area (Å²) in [5, 5.41) is 9.77. The highest BCUT2D eigenvalue weighted by Gasteiger charge is 2.15. The van der Waals surface area contributed by atoms with Crippen LogP contribution in [0.3, 0.4) is 0 Å². The van der Waals surface area contributed by atoms with Gasteiger partial charge in [-0.25, -0.2) is 4.79 Å². The van der Waals surface area contributed by atoms with E-state index in [-0.39, 0.29) is 5.69 Å². The maximum Gasteiger partial charge on any atom is 0.352 e. The van der Waals surface area contributed by atoms with Crippen molar-refractivity contribution in [3.8, 4) is 0 Å². The number of hydrogen-bond acceptors (Lipinski definition) is 2. The minimum Gasteiger partial charge on any atom is -0.477 e. The van der Waals surface area contributed by atoms with Gasteiger partial charge in [-0.05, 0) is 31.0 Å². The number of carbonyl (C=O) groups is 1. The van der Waals surface area contributed by atoms with Crippen molar-refractivity contribution < 1.29 is 9.90 Å². The summed E-state index contributed by atoms with van der Waals surface area (Å²) < 4.78 is 0. The largest absolute Gasteiger partial charge is 0.477 e. The molecule has 0 aliphatic heterocycles. The summed E-state index contributed by atoms with van der Waals surface area (Å²) in [7, 11) is 0. The predicted molar refractivity (Wildman–Crippen MR) is 59.1 cm³/mol. The van der Waals surface area contributed by atoms with Crippen molar-refractivity contribution in [1.82, 2.24) is 4.98 Å². The number of anilines is 1. The van der Waals surface area contributed by atoms with Crippen LogP contribution >= 0.6 is 0 Å². The monoisotopic (exact) mass is 204 g/mol. The van der Waals surface area contributed by atoms with E-state index in [1.165, 1.54) is 0 Å². The molecule has 1 aromatic carbocycles. The first-order valence-corrected chi connectivity index (χ1v) is 4.63. The summed E-state index contributed by atoms with van der Waals surface area (Å²) in [6.07, 6.45) is 0. The average molecular weight is 204 g/mol. The number of carboxylic acid groups (broad SMARTS) is 1. The highest BCUT2D eigenvalue weighted by Crippen LogP contribution is 2.29. The lowest BCUT2D eigenvalue weighted by atomic mass is 10.1. The van der Waals surface area contributed by atoms with Gasteiger partial charge in [-0.2, -0.15) is 0 Å². The van der Waals surface area contributed by atoms with Gasteiger partial charge in [0.15, 0.2) is 0 Å². The molecule has 0 unspecified atom stereocenters. The van der Waals surface area contributed by atoms with E-state index in [0.29, 0.717) is 11.3 Å². The van der Waals surface area contributed by atoms with Gasteiger partial charge in [0.1, 0.15) is 5.69 Å².